The van der Waals surface area contributed by atoms with Gasteiger partial charge in [0, 0.05) is 39.9 Å². The van der Waals surface area contributed by atoms with Crippen LogP contribution in [-0.2, 0) is 17.8 Å². The van der Waals surface area contributed by atoms with Crippen molar-refractivity contribution < 1.29 is 14.3 Å². The number of carbonyl (C=O) groups is 1. The van der Waals surface area contributed by atoms with Gasteiger partial charge in [0.2, 0.25) is 5.91 Å². The molecule has 1 N–H and O–H groups in total. The number of amides is 1. The molecule has 132 valence electrons. The summed E-state index contributed by atoms with van der Waals surface area (Å²) in [7, 11) is 0. The summed E-state index contributed by atoms with van der Waals surface area (Å²) in [5.74, 6) is 1.59. The third-order valence-corrected chi connectivity index (χ3v) is 4.96. The highest BCUT2D eigenvalue weighted by molar-refractivity contribution is 7.12. The average Bonchev–Trinajstić information content (AvgIpc) is 3.15. The van der Waals surface area contributed by atoms with E-state index in [0.29, 0.717) is 13.2 Å². The number of rotatable bonds is 6. The third kappa shape index (κ3) is 4.42. The smallest absolute Gasteiger partial charge is 0.244 e. The van der Waals surface area contributed by atoms with E-state index in [1.54, 1.807) is 17.4 Å². The summed E-state index contributed by atoms with van der Waals surface area (Å²) < 4.78 is 11.6. The van der Waals surface area contributed by atoms with Crippen LogP contribution in [0.1, 0.15) is 34.7 Å². The van der Waals surface area contributed by atoms with Crippen LogP contribution in [0.5, 0.6) is 11.5 Å². The van der Waals surface area contributed by atoms with Crippen molar-refractivity contribution in [3.8, 4) is 11.5 Å². The van der Waals surface area contributed by atoms with Gasteiger partial charge in [-0.3, -0.25) is 4.79 Å². The molecule has 0 spiro atoms. The Hall–Kier alpha value is -2.27. The summed E-state index contributed by atoms with van der Waals surface area (Å²) >= 11 is 1.66. The van der Waals surface area contributed by atoms with Gasteiger partial charge in [-0.2, -0.15) is 0 Å². The van der Waals surface area contributed by atoms with Gasteiger partial charge in [-0.25, -0.2) is 0 Å². The summed E-state index contributed by atoms with van der Waals surface area (Å²) in [5, 5.41) is 2.92. The molecule has 4 nitrogen and oxygen atoms in total. The van der Waals surface area contributed by atoms with Crippen molar-refractivity contribution in [2.24, 2.45) is 0 Å². The Morgan fingerprint density at radius 3 is 3.00 bits per heavy atom. The Morgan fingerprint density at radius 2 is 2.28 bits per heavy atom. The molecular weight excluding hydrogens is 334 g/mol. The zero-order valence-corrected chi connectivity index (χ0v) is 15.6. The number of thiophene rings is 1. The van der Waals surface area contributed by atoms with Gasteiger partial charge in [0.1, 0.15) is 17.6 Å². The quantitative estimate of drug-likeness (QED) is 0.792. The molecule has 0 radical (unpaired) electrons. The summed E-state index contributed by atoms with van der Waals surface area (Å²) in [6.45, 7) is 7.06. The Balaban J connectivity index is 1.66. The predicted octanol–water partition coefficient (Wildman–Crippen LogP) is 4.11. The van der Waals surface area contributed by atoms with E-state index in [1.165, 1.54) is 10.4 Å². The fourth-order valence-corrected chi connectivity index (χ4v) is 3.63. The zero-order chi connectivity index (χ0) is 17.8. The van der Waals surface area contributed by atoms with Crippen LogP contribution in [0, 0.1) is 6.92 Å². The number of aryl methyl sites for hydroxylation is 1. The Kier molecular flexibility index (Phi) is 5.43. The molecule has 2 heterocycles. The lowest BCUT2D eigenvalue weighted by Crippen LogP contribution is -2.20. The Bertz CT molecular complexity index is 794. The van der Waals surface area contributed by atoms with Crippen LogP contribution in [0.25, 0.3) is 6.08 Å². The van der Waals surface area contributed by atoms with Crippen LogP contribution in [0.15, 0.2) is 30.3 Å². The van der Waals surface area contributed by atoms with E-state index in [2.05, 4.69) is 12.2 Å². The number of hydrogen-bond donors (Lipinski definition) is 1. The van der Waals surface area contributed by atoms with E-state index in [4.69, 9.17) is 9.47 Å². The molecule has 5 heteroatoms. The molecule has 0 aliphatic carbocycles. The van der Waals surface area contributed by atoms with Crippen molar-refractivity contribution >= 4 is 23.3 Å². The van der Waals surface area contributed by atoms with Crippen LogP contribution in [0.4, 0.5) is 0 Å². The van der Waals surface area contributed by atoms with Crippen LogP contribution in [-0.4, -0.2) is 18.6 Å². The molecule has 1 aromatic carbocycles. The molecule has 0 bridgehead atoms. The predicted molar refractivity (Wildman–Crippen MR) is 101 cm³/mol. The van der Waals surface area contributed by atoms with Crippen molar-refractivity contribution in [2.45, 2.75) is 39.8 Å². The topological polar surface area (TPSA) is 47.6 Å². The lowest BCUT2D eigenvalue weighted by Gasteiger charge is -2.13. The molecule has 3 rings (SSSR count). The molecular formula is C20H23NO3S. The van der Waals surface area contributed by atoms with E-state index >= 15 is 0 Å². The second kappa shape index (κ2) is 7.74. The molecule has 1 aliphatic heterocycles. The molecule has 0 saturated carbocycles. The molecule has 1 amide bonds. The van der Waals surface area contributed by atoms with Crippen LogP contribution >= 0.6 is 11.3 Å². The monoisotopic (exact) mass is 357 g/mol. The zero-order valence-electron chi connectivity index (χ0n) is 14.8. The van der Waals surface area contributed by atoms with E-state index in [-0.39, 0.29) is 12.0 Å². The first-order valence-corrected chi connectivity index (χ1v) is 9.34. The van der Waals surface area contributed by atoms with Gasteiger partial charge in [-0.1, -0.05) is 0 Å². The number of benzene rings is 1. The van der Waals surface area contributed by atoms with Gasteiger partial charge >= 0.3 is 0 Å². The lowest BCUT2D eigenvalue weighted by molar-refractivity contribution is -0.116. The maximum atomic E-state index is 12.1. The molecule has 0 saturated heterocycles. The van der Waals surface area contributed by atoms with Crippen LogP contribution in [0.3, 0.4) is 0 Å². The molecule has 25 heavy (non-hydrogen) atoms. The van der Waals surface area contributed by atoms with E-state index < -0.39 is 0 Å². The minimum absolute atomic E-state index is 0.122. The fraction of sp³-hybridized carbons (Fsp3) is 0.350. The summed E-state index contributed by atoms with van der Waals surface area (Å²) in [6, 6.07) is 8.07. The largest absolute Gasteiger partial charge is 0.494 e. The third-order valence-electron chi connectivity index (χ3n) is 3.99. The highest BCUT2D eigenvalue weighted by atomic mass is 32.1. The fourth-order valence-electron chi connectivity index (χ4n) is 2.85. The molecule has 1 aliphatic rings. The highest BCUT2D eigenvalue weighted by Gasteiger charge is 2.21. The number of nitrogens with one attached hydrogen (secondary N) is 1. The van der Waals surface area contributed by atoms with Gasteiger partial charge in [-0.15, -0.1) is 11.3 Å². The van der Waals surface area contributed by atoms with Crippen LogP contribution < -0.4 is 14.8 Å². The first-order chi connectivity index (χ1) is 12.0. The SMILES string of the molecule is CCOc1cc2c(cc1CNC(=O)/C=C/c1ccc(C)s1)O[C@@H](C)C2. The normalized spacial score (nSPS) is 15.9. The summed E-state index contributed by atoms with van der Waals surface area (Å²) in [4.78, 5) is 14.4. The van der Waals surface area contributed by atoms with Gasteiger partial charge < -0.3 is 14.8 Å². The summed E-state index contributed by atoms with van der Waals surface area (Å²) in [5.41, 5.74) is 2.10. The highest BCUT2D eigenvalue weighted by Crippen LogP contribution is 2.35. The maximum absolute atomic E-state index is 12.1. The van der Waals surface area contributed by atoms with E-state index in [0.717, 1.165) is 28.4 Å². The Labute approximate surface area is 152 Å². The van der Waals surface area contributed by atoms with Gasteiger partial charge in [0.25, 0.3) is 0 Å². The maximum Gasteiger partial charge on any atom is 0.244 e. The molecule has 0 unspecified atom stereocenters. The molecule has 0 fully saturated rings. The average molecular weight is 357 g/mol. The molecule has 2 aromatic rings. The van der Waals surface area contributed by atoms with Crippen molar-refractivity contribution in [3.05, 3.63) is 51.2 Å². The van der Waals surface area contributed by atoms with Crippen LogP contribution in [0.2, 0.25) is 0 Å². The minimum Gasteiger partial charge on any atom is -0.494 e. The number of hydrogen-bond acceptors (Lipinski definition) is 4. The molecule has 1 atom stereocenters. The standard InChI is InChI=1S/C20H23NO3S/c1-4-23-18-10-15-9-13(2)24-19(15)11-16(18)12-21-20(22)8-7-17-6-5-14(3)25-17/h5-8,10-11,13H,4,9,12H2,1-3H3,(H,21,22)/b8-7+/t13-/m0/s1. The second-order valence-electron chi connectivity index (χ2n) is 6.13. The molecule has 1 aromatic heterocycles. The van der Waals surface area contributed by atoms with Crippen molar-refractivity contribution in [3.63, 3.8) is 0 Å². The van der Waals surface area contributed by atoms with Gasteiger partial charge in [0.05, 0.1) is 6.61 Å². The van der Waals surface area contributed by atoms with Crippen molar-refractivity contribution in [1.82, 2.24) is 5.32 Å². The van der Waals surface area contributed by atoms with E-state index in [1.807, 2.05) is 44.2 Å². The number of ether oxygens (including phenoxy) is 2. The lowest BCUT2D eigenvalue weighted by atomic mass is 10.1. The van der Waals surface area contributed by atoms with E-state index in [9.17, 15) is 4.79 Å². The van der Waals surface area contributed by atoms with Gasteiger partial charge in [0.15, 0.2) is 0 Å². The number of fused-ring (bicyclic) bond motifs is 1. The summed E-state index contributed by atoms with van der Waals surface area (Å²) in [6.07, 6.45) is 4.48. The van der Waals surface area contributed by atoms with Crippen molar-refractivity contribution in [1.29, 1.82) is 0 Å². The second-order valence-corrected chi connectivity index (χ2v) is 7.45. The Morgan fingerprint density at radius 1 is 1.44 bits per heavy atom. The van der Waals surface area contributed by atoms with Crippen molar-refractivity contribution in [2.75, 3.05) is 6.61 Å². The van der Waals surface area contributed by atoms with Gasteiger partial charge in [-0.05, 0) is 51.1 Å². The first-order valence-electron chi connectivity index (χ1n) is 8.52. The number of carbonyl (C=O) groups excluding carboxylic acids is 1. The minimum atomic E-state index is -0.122. The first kappa shape index (κ1) is 17.5.